The maximum absolute atomic E-state index is 12.9. The van der Waals surface area contributed by atoms with Gasteiger partial charge in [-0.1, -0.05) is 264 Å². The van der Waals surface area contributed by atoms with E-state index in [0.717, 1.165) is 122 Å². The van der Waals surface area contributed by atoms with E-state index >= 15 is 0 Å². The number of carbonyl (C=O) groups excluding carboxylic acids is 3. The average Bonchev–Trinajstić information content (AvgIpc) is 3.43. The Morgan fingerprint density at radius 1 is 0.273 bits per heavy atom. The van der Waals surface area contributed by atoms with Gasteiger partial charge in [0.2, 0.25) is 0 Å². The Morgan fingerprint density at radius 2 is 0.519 bits per heavy atom. The number of unbranched alkanes of at least 4 members (excludes halogenated alkanes) is 23. The molecular formula is C71H116O6. The molecule has 0 saturated heterocycles. The molecule has 0 amide bonds. The van der Waals surface area contributed by atoms with Crippen molar-refractivity contribution in [3.63, 3.8) is 0 Å². The third-order valence-electron chi connectivity index (χ3n) is 13.1. The Kier molecular flexibility index (Phi) is 60.4. The number of hydrogen-bond donors (Lipinski definition) is 0. The van der Waals surface area contributed by atoms with Crippen LogP contribution in [0.2, 0.25) is 0 Å². The van der Waals surface area contributed by atoms with Crippen LogP contribution >= 0.6 is 0 Å². The van der Waals surface area contributed by atoms with Crippen LogP contribution in [0.5, 0.6) is 0 Å². The van der Waals surface area contributed by atoms with E-state index in [-0.39, 0.29) is 37.5 Å². The molecule has 0 aromatic heterocycles. The predicted molar refractivity (Wildman–Crippen MR) is 334 cm³/mol. The summed E-state index contributed by atoms with van der Waals surface area (Å²) in [6.07, 6.45) is 90.3. The fraction of sp³-hybridized carbons (Fsp3) is 0.648. The maximum Gasteiger partial charge on any atom is 0.306 e. The van der Waals surface area contributed by atoms with Crippen molar-refractivity contribution in [2.75, 3.05) is 13.2 Å². The highest BCUT2D eigenvalue weighted by atomic mass is 16.6. The molecule has 0 heterocycles. The summed E-state index contributed by atoms with van der Waals surface area (Å²) in [7, 11) is 0. The molecule has 1 atom stereocenters. The Balaban J connectivity index is 4.40. The molecule has 6 nitrogen and oxygen atoms in total. The quantitative estimate of drug-likeness (QED) is 0.0261. The number of hydrogen-bond acceptors (Lipinski definition) is 6. The van der Waals surface area contributed by atoms with Gasteiger partial charge < -0.3 is 14.2 Å². The van der Waals surface area contributed by atoms with Gasteiger partial charge in [-0.2, -0.15) is 0 Å². The van der Waals surface area contributed by atoms with Gasteiger partial charge >= 0.3 is 17.9 Å². The molecule has 0 bridgehead atoms. The number of esters is 3. The summed E-state index contributed by atoms with van der Waals surface area (Å²) in [6, 6.07) is 0. The van der Waals surface area contributed by atoms with Crippen molar-refractivity contribution in [1.82, 2.24) is 0 Å². The summed E-state index contributed by atoms with van der Waals surface area (Å²) >= 11 is 0. The zero-order valence-corrected chi connectivity index (χ0v) is 49.9. The third kappa shape index (κ3) is 62.3. The summed E-state index contributed by atoms with van der Waals surface area (Å²) in [6.45, 7) is 6.36. The van der Waals surface area contributed by atoms with Crippen LogP contribution in [0.1, 0.15) is 278 Å². The highest BCUT2D eigenvalue weighted by Crippen LogP contribution is 2.15. The maximum atomic E-state index is 12.9. The smallest absolute Gasteiger partial charge is 0.306 e. The molecular weight excluding hydrogens is 949 g/mol. The molecule has 0 saturated carbocycles. The standard InChI is InChI=1S/C71H116O6/c1-4-7-10-13-16-19-22-25-28-30-31-32-33-34-35-36-37-38-39-41-43-46-49-52-55-58-61-64-70(73)76-67-68(66-75-69(72)63-60-57-54-51-48-45-42-27-24-21-18-15-12-9-6-3)77-71(74)65-62-59-56-53-50-47-44-40-29-26-23-20-17-14-11-8-5-2/h7-8,10-11,16-17,19-20,25-29,31-32,34-35,42,44,47,53,56,68H,4-6,9,12-15,18,21-24,30,33,36-41,43,45-46,48-52,54-55,57-67H2,1-3H3/b10-7-,11-8-,19-16-,20-17-,28-25-,29-26-,32-31-,35-34-,42-27-,47-44-,56-53-. The Morgan fingerprint density at radius 3 is 0.844 bits per heavy atom. The van der Waals surface area contributed by atoms with Crippen LogP contribution in [-0.2, 0) is 28.6 Å². The molecule has 0 radical (unpaired) electrons. The zero-order chi connectivity index (χ0) is 55.7. The summed E-state index contributed by atoms with van der Waals surface area (Å²) in [5.41, 5.74) is 0. The van der Waals surface area contributed by atoms with E-state index in [2.05, 4.69) is 154 Å². The minimum absolute atomic E-state index is 0.108. The first-order valence-electron chi connectivity index (χ1n) is 31.7. The second kappa shape index (κ2) is 64.1. The molecule has 0 aliphatic rings. The van der Waals surface area contributed by atoms with E-state index in [4.69, 9.17) is 14.2 Å². The average molecular weight is 1070 g/mol. The van der Waals surface area contributed by atoms with E-state index in [1.807, 2.05) is 0 Å². The second-order valence-corrected chi connectivity index (χ2v) is 20.5. The SMILES string of the molecule is CC/C=C\C/C=C\C/C=C\C/C=C\C/C=C\CCCCCCCCCCCCCC(=O)OCC(COC(=O)CCCCCCC/C=C\CCCCCCCC)OC(=O)CCC/C=C\C/C=C\C/C=C\C/C=C\C/C=C\CC. The van der Waals surface area contributed by atoms with Crippen LogP contribution in [0.15, 0.2) is 134 Å². The van der Waals surface area contributed by atoms with Gasteiger partial charge in [-0.15, -0.1) is 0 Å². The van der Waals surface area contributed by atoms with Gasteiger partial charge in [-0.25, -0.2) is 0 Å². The van der Waals surface area contributed by atoms with Crippen LogP contribution in [0.3, 0.4) is 0 Å². The largest absolute Gasteiger partial charge is 0.462 e. The van der Waals surface area contributed by atoms with Crippen LogP contribution in [-0.4, -0.2) is 37.2 Å². The summed E-state index contributed by atoms with van der Waals surface area (Å²) in [5, 5.41) is 0. The normalized spacial score (nSPS) is 13.0. The van der Waals surface area contributed by atoms with Gasteiger partial charge in [0.05, 0.1) is 0 Å². The van der Waals surface area contributed by atoms with E-state index in [1.54, 1.807) is 0 Å². The van der Waals surface area contributed by atoms with Gasteiger partial charge in [0, 0.05) is 19.3 Å². The van der Waals surface area contributed by atoms with E-state index in [1.165, 1.54) is 109 Å². The number of carbonyl (C=O) groups is 3. The van der Waals surface area contributed by atoms with Gasteiger partial charge in [-0.3, -0.25) is 14.4 Å². The van der Waals surface area contributed by atoms with Gasteiger partial charge in [-0.05, 0) is 128 Å². The molecule has 0 aliphatic carbocycles. The molecule has 77 heavy (non-hydrogen) atoms. The fourth-order valence-corrected chi connectivity index (χ4v) is 8.44. The first-order chi connectivity index (χ1) is 38.0. The van der Waals surface area contributed by atoms with Crippen molar-refractivity contribution in [1.29, 1.82) is 0 Å². The fourth-order valence-electron chi connectivity index (χ4n) is 8.44. The zero-order valence-electron chi connectivity index (χ0n) is 49.9. The van der Waals surface area contributed by atoms with Crippen LogP contribution in [0.4, 0.5) is 0 Å². The summed E-state index contributed by atoms with van der Waals surface area (Å²) < 4.78 is 16.9. The van der Waals surface area contributed by atoms with Crippen LogP contribution in [0.25, 0.3) is 0 Å². The predicted octanol–water partition coefficient (Wildman–Crippen LogP) is 21.8. The number of rotatable bonds is 56. The molecule has 0 aromatic carbocycles. The summed E-state index contributed by atoms with van der Waals surface area (Å²) in [4.78, 5) is 38.3. The molecule has 0 N–H and O–H groups in total. The Labute approximate surface area is 475 Å². The molecule has 0 aliphatic heterocycles. The van der Waals surface area contributed by atoms with Gasteiger partial charge in [0.25, 0.3) is 0 Å². The summed E-state index contributed by atoms with van der Waals surface area (Å²) in [5.74, 6) is -0.976. The van der Waals surface area contributed by atoms with Crippen molar-refractivity contribution >= 4 is 17.9 Å². The highest BCUT2D eigenvalue weighted by Gasteiger charge is 2.19. The lowest BCUT2D eigenvalue weighted by Gasteiger charge is -2.18. The van der Waals surface area contributed by atoms with E-state index < -0.39 is 6.10 Å². The Hall–Kier alpha value is -4.45. The molecule has 436 valence electrons. The first kappa shape index (κ1) is 72.5. The van der Waals surface area contributed by atoms with Crippen LogP contribution < -0.4 is 0 Å². The molecule has 6 heteroatoms. The molecule has 0 aromatic rings. The van der Waals surface area contributed by atoms with Gasteiger partial charge in [0.1, 0.15) is 13.2 Å². The molecule has 0 spiro atoms. The molecule has 1 unspecified atom stereocenters. The lowest BCUT2D eigenvalue weighted by Crippen LogP contribution is -2.30. The molecule has 0 rings (SSSR count). The first-order valence-corrected chi connectivity index (χ1v) is 31.7. The van der Waals surface area contributed by atoms with Crippen molar-refractivity contribution in [2.24, 2.45) is 0 Å². The topological polar surface area (TPSA) is 78.9 Å². The minimum atomic E-state index is -0.817. The van der Waals surface area contributed by atoms with Crippen molar-refractivity contribution in [3.8, 4) is 0 Å². The van der Waals surface area contributed by atoms with E-state index in [0.29, 0.717) is 19.3 Å². The van der Waals surface area contributed by atoms with Crippen LogP contribution in [0, 0.1) is 0 Å². The lowest BCUT2D eigenvalue weighted by atomic mass is 10.0. The lowest BCUT2D eigenvalue weighted by molar-refractivity contribution is -0.167. The van der Waals surface area contributed by atoms with Gasteiger partial charge in [0.15, 0.2) is 6.10 Å². The highest BCUT2D eigenvalue weighted by molar-refractivity contribution is 5.71. The number of allylic oxidation sites excluding steroid dienone is 22. The second-order valence-electron chi connectivity index (χ2n) is 20.5. The third-order valence-corrected chi connectivity index (χ3v) is 13.1. The van der Waals surface area contributed by atoms with Crippen molar-refractivity contribution < 1.29 is 28.6 Å². The van der Waals surface area contributed by atoms with Crippen molar-refractivity contribution in [3.05, 3.63) is 134 Å². The van der Waals surface area contributed by atoms with E-state index in [9.17, 15) is 14.4 Å². The monoisotopic (exact) mass is 1060 g/mol. The minimum Gasteiger partial charge on any atom is -0.462 e. The Bertz CT molecular complexity index is 1650. The van der Waals surface area contributed by atoms with Crippen molar-refractivity contribution in [2.45, 2.75) is 284 Å². The molecule has 0 fully saturated rings. The number of ether oxygens (including phenoxy) is 3.